The molecule has 0 saturated carbocycles. The molecule has 0 aromatic heterocycles. The monoisotopic (exact) mass is 389 g/mol. The van der Waals surface area contributed by atoms with Crippen molar-refractivity contribution in [3.05, 3.63) is 83.7 Å². The van der Waals surface area contributed by atoms with E-state index in [0.717, 1.165) is 26.1 Å². The Bertz CT molecular complexity index is 958. The average molecular weight is 390 g/mol. The average Bonchev–Trinajstić information content (AvgIpc) is 3.25. The molecule has 0 amide bonds. The topological polar surface area (TPSA) is 27.3 Å². The molecule has 2 aliphatic heterocycles. The predicted molar refractivity (Wildman–Crippen MR) is 116 cm³/mol. The van der Waals surface area contributed by atoms with E-state index in [1.807, 2.05) is 12.1 Å². The van der Waals surface area contributed by atoms with Crippen molar-refractivity contribution in [2.75, 3.05) is 13.1 Å². The molecule has 2 heterocycles. The highest BCUT2D eigenvalue weighted by Crippen LogP contribution is 2.33. The Hall–Kier alpha value is -2.27. The minimum absolute atomic E-state index is 0.159. The maximum Gasteiger partial charge on any atom is 0.123 e. The lowest BCUT2D eigenvalue weighted by atomic mass is 9.85. The van der Waals surface area contributed by atoms with Gasteiger partial charge in [-0.15, -0.1) is 0 Å². The molecule has 0 bridgehead atoms. The predicted octanol–water partition coefficient (Wildman–Crippen LogP) is 4.80. The molecule has 0 radical (unpaired) electrons. The van der Waals surface area contributed by atoms with Crippen LogP contribution in [0.4, 0.5) is 4.39 Å². The molecule has 2 aliphatic rings. The van der Waals surface area contributed by atoms with Crippen molar-refractivity contribution in [1.82, 2.24) is 15.8 Å². The van der Waals surface area contributed by atoms with Crippen LogP contribution in [0.15, 0.2) is 66.7 Å². The number of hydrogen-bond acceptors (Lipinski definition) is 3. The van der Waals surface area contributed by atoms with Gasteiger partial charge in [-0.25, -0.2) is 9.82 Å². The zero-order valence-corrected chi connectivity index (χ0v) is 16.7. The first-order chi connectivity index (χ1) is 14.3. The van der Waals surface area contributed by atoms with Gasteiger partial charge in [0.2, 0.25) is 0 Å². The summed E-state index contributed by atoms with van der Waals surface area (Å²) in [5, 5.41) is 2.66. The SMILES string of the molecule is Fc1ccc(CN2CCC(C3CC(c4cccc5ccccc45)NN3)CC2)cc1. The van der Waals surface area contributed by atoms with Crippen molar-refractivity contribution in [3.63, 3.8) is 0 Å². The molecule has 0 spiro atoms. The fourth-order valence-corrected chi connectivity index (χ4v) is 5.01. The molecule has 0 aliphatic carbocycles. The Morgan fingerprint density at radius 2 is 1.62 bits per heavy atom. The van der Waals surface area contributed by atoms with Crippen LogP contribution in [0.5, 0.6) is 0 Å². The molecule has 29 heavy (non-hydrogen) atoms. The third-order valence-electron chi connectivity index (χ3n) is 6.65. The van der Waals surface area contributed by atoms with E-state index < -0.39 is 0 Å². The summed E-state index contributed by atoms with van der Waals surface area (Å²) in [5.74, 6) is 0.542. The van der Waals surface area contributed by atoms with Crippen LogP contribution in [-0.4, -0.2) is 24.0 Å². The highest BCUT2D eigenvalue weighted by molar-refractivity contribution is 5.86. The molecule has 2 unspecified atom stereocenters. The molecular formula is C25H28FN3. The van der Waals surface area contributed by atoms with Crippen LogP contribution in [0.2, 0.25) is 0 Å². The Labute approximate surface area is 171 Å². The molecule has 5 rings (SSSR count). The smallest absolute Gasteiger partial charge is 0.123 e. The summed E-state index contributed by atoms with van der Waals surface area (Å²) in [5.41, 5.74) is 9.76. The van der Waals surface area contributed by atoms with E-state index in [1.165, 1.54) is 34.7 Å². The summed E-state index contributed by atoms with van der Waals surface area (Å²) in [6, 6.07) is 23.1. The van der Waals surface area contributed by atoms with Crippen LogP contribution in [0.3, 0.4) is 0 Å². The lowest BCUT2D eigenvalue weighted by Crippen LogP contribution is -2.42. The van der Waals surface area contributed by atoms with Crippen LogP contribution in [0, 0.1) is 11.7 Å². The Balaban J connectivity index is 1.19. The van der Waals surface area contributed by atoms with Crippen LogP contribution in [-0.2, 0) is 6.54 Å². The first kappa shape index (κ1) is 18.7. The summed E-state index contributed by atoms with van der Waals surface area (Å²) >= 11 is 0. The van der Waals surface area contributed by atoms with Gasteiger partial charge in [0, 0.05) is 18.6 Å². The van der Waals surface area contributed by atoms with Gasteiger partial charge in [-0.05, 0) is 72.3 Å². The van der Waals surface area contributed by atoms with Gasteiger partial charge in [-0.1, -0.05) is 54.6 Å². The van der Waals surface area contributed by atoms with Crippen LogP contribution >= 0.6 is 0 Å². The van der Waals surface area contributed by atoms with Gasteiger partial charge >= 0.3 is 0 Å². The van der Waals surface area contributed by atoms with E-state index in [4.69, 9.17) is 0 Å². The first-order valence-electron chi connectivity index (χ1n) is 10.7. The summed E-state index contributed by atoms with van der Waals surface area (Å²) in [6.45, 7) is 3.14. The second-order valence-corrected chi connectivity index (χ2v) is 8.49. The highest BCUT2D eigenvalue weighted by atomic mass is 19.1. The van der Waals surface area contributed by atoms with E-state index in [2.05, 4.69) is 58.2 Å². The Kier molecular flexibility index (Phi) is 5.32. The van der Waals surface area contributed by atoms with Gasteiger partial charge in [-0.3, -0.25) is 10.3 Å². The molecule has 3 nitrogen and oxygen atoms in total. The van der Waals surface area contributed by atoms with Crippen LogP contribution in [0.25, 0.3) is 10.8 Å². The maximum absolute atomic E-state index is 13.1. The number of hydrazine groups is 1. The number of piperidine rings is 1. The summed E-state index contributed by atoms with van der Waals surface area (Å²) in [6.07, 6.45) is 3.56. The van der Waals surface area contributed by atoms with Gasteiger partial charge < -0.3 is 0 Å². The summed E-state index contributed by atoms with van der Waals surface area (Å²) in [4.78, 5) is 2.49. The first-order valence-corrected chi connectivity index (χ1v) is 10.7. The van der Waals surface area contributed by atoms with E-state index >= 15 is 0 Å². The fraction of sp³-hybridized carbons (Fsp3) is 0.360. The Morgan fingerprint density at radius 3 is 2.45 bits per heavy atom. The number of nitrogens with zero attached hydrogens (tertiary/aromatic N) is 1. The lowest BCUT2D eigenvalue weighted by molar-refractivity contribution is 0.155. The number of halogens is 1. The second kappa shape index (κ2) is 8.23. The van der Waals surface area contributed by atoms with Gasteiger partial charge in [0.1, 0.15) is 5.82 Å². The largest absolute Gasteiger partial charge is 0.299 e. The fourth-order valence-electron chi connectivity index (χ4n) is 5.01. The number of likely N-dealkylation sites (tertiary alicyclic amines) is 1. The van der Waals surface area contributed by atoms with Crippen molar-refractivity contribution in [2.24, 2.45) is 5.92 Å². The number of nitrogens with one attached hydrogen (secondary N) is 2. The zero-order valence-electron chi connectivity index (χ0n) is 16.7. The number of benzene rings is 3. The van der Waals surface area contributed by atoms with Gasteiger partial charge in [-0.2, -0.15) is 0 Å². The molecule has 3 aromatic rings. The number of hydrogen-bond donors (Lipinski definition) is 2. The van der Waals surface area contributed by atoms with Crippen molar-refractivity contribution < 1.29 is 4.39 Å². The molecule has 2 saturated heterocycles. The zero-order chi connectivity index (χ0) is 19.6. The molecular weight excluding hydrogens is 361 g/mol. The minimum Gasteiger partial charge on any atom is -0.299 e. The molecule has 150 valence electrons. The molecule has 3 aromatic carbocycles. The van der Waals surface area contributed by atoms with Crippen molar-refractivity contribution in [1.29, 1.82) is 0 Å². The molecule has 2 fully saturated rings. The molecule has 2 N–H and O–H groups in total. The summed E-state index contributed by atoms with van der Waals surface area (Å²) < 4.78 is 13.1. The summed E-state index contributed by atoms with van der Waals surface area (Å²) in [7, 11) is 0. The third kappa shape index (κ3) is 4.06. The van der Waals surface area contributed by atoms with E-state index in [0.29, 0.717) is 18.0 Å². The number of fused-ring (bicyclic) bond motifs is 1. The van der Waals surface area contributed by atoms with Gasteiger partial charge in [0.15, 0.2) is 0 Å². The van der Waals surface area contributed by atoms with Gasteiger partial charge in [0.25, 0.3) is 0 Å². The minimum atomic E-state index is -0.159. The molecule has 4 heteroatoms. The van der Waals surface area contributed by atoms with E-state index in [1.54, 1.807) is 12.1 Å². The van der Waals surface area contributed by atoms with Crippen LogP contribution in [0.1, 0.15) is 36.4 Å². The number of rotatable bonds is 4. The lowest BCUT2D eigenvalue weighted by Gasteiger charge is -2.34. The van der Waals surface area contributed by atoms with E-state index in [-0.39, 0.29) is 5.82 Å². The van der Waals surface area contributed by atoms with Gasteiger partial charge in [0.05, 0.1) is 0 Å². The standard InChI is InChI=1S/C25H28FN3/c26-21-10-8-18(9-11-21)17-29-14-12-20(13-15-29)24-16-25(28-27-24)23-7-3-5-19-4-1-2-6-22(19)23/h1-11,20,24-25,27-28H,12-17H2. The van der Waals surface area contributed by atoms with Crippen molar-refractivity contribution in [2.45, 2.75) is 37.9 Å². The van der Waals surface area contributed by atoms with E-state index in [9.17, 15) is 4.39 Å². The highest BCUT2D eigenvalue weighted by Gasteiger charge is 2.33. The van der Waals surface area contributed by atoms with Crippen molar-refractivity contribution in [3.8, 4) is 0 Å². The maximum atomic E-state index is 13.1. The normalized spacial score (nSPS) is 23.6. The quantitative estimate of drug-likeness (QED) is 0.671. The molecule has 2 atom stereocenters. The van der Waals surface area contributed by atoms with Crippen molar-refractivity contribution >= 4 is 10.8 Å². The second-order valence-electron chi connectivity index (χ2n) is 8.49. The van der Waals surface area contributed by atoms with Crippen LogP contribution < -0.4 is 10.9 Å². The Morgan fingerprint density at radius 1 is 0.862 bits per heavy atom. The third-order valence-corrected chi connectivity index (χ3v) is 6.65.